The standard InChI is InChI=1S/C15H14Cl4F4O2/c1-14(2,10(16)4-15(17,18)19)5-11(24)25-6-7-12(22)8(20)3-9(21)13(7)23/h3,10H,4-6H2,1-2H3. The molecular formula is C15H14Cl4F4O2. The highest BCUT2D eigenvalue weighted by Gasteiger charge is 2.36. The summed E-state index contributed by atoms with van der Waals surface area (Å²) in [4.78, 5) is 11.9. The Bertz CT molecular complexity index is 621. The number of carbonyl (C=O) groups is 1. The quantitative estimate of drug-likeness (QED) is 0.231. The van der Waals surface area contributed by atoms with Crippen LogP contribution in [0.5, 0.6) is 0 Å². The molecule has 0 saturated carbocycles. The maximum Gasteiger partial charge on any atom is 0.306 e. The SMILES string of the molecule is CC(C)(CC(=O)OCc1c(F)c(F)cc(F)c1F)C(Cl)CC(Cl)(Cl)Cl. The smallest absolute Gasteiger partial charge is 0.306 e. The van der Waals surface area contributed by atoms with Crippen LogP contribution >= 0.6 is 46.4 Å². The maximum absolute atomic E-state index is 13.5. The Balaban J connectivity index is 2.75. The first-order valence-electron chi connectivity index (χ1n) is 6.93. The van der Waals surface area contributed by atoms with Crippen molar-refractivity contribution >= 4 is 52.4 Å². The minimum atomic E-state index is -1.63. The third-order valence-electron chi connectivity index (χ3n) is 3.44. The van der Waals surface area contributed by atoms with Gasteiger partial charge in [0.15, 0.2) is 27.1 Å². The van der Waals surface area contributed by atoms with Gasteiger partial charge in [0, 0.05) is 17.9 Å². The van der Waals surface area contributed by atoms with Crippen molar-refractivity contribution in [1.82, 2.24) is 0 Å². The first-order valence-corrected chi connectivity index (χ1v) is 8.50. The number of hydrogen-bond donors (Lipinski definition) is 0. The van der Waals surface area contributed by atoms with E-state index in [1.54, 1.807) is 13.8 Å². The van der Waals surface area contributed by atoms with Crippen molar-refractivity contribution in [2.75, 3.05) is 0 Å². The molecular weight excluding hydrogens is 430 g/mol. The van der Waals surface area contributed by atoms with Gasteiger partial charge in [-0.1, -0.05) is 48.7 Å². The predicted molar refractivity (Wildman–Crippen MR) is 89.0 cm³/mol. The van der Waals surface area contributed by atoms with Gasteiger partial charge in [-0.15, -0.1) is 11.6 Å². The molecule has 0 N–H and O–H groups in total. The number of ether oxygens (including phenoxy) is 1. The predicted octanol–water partition coefficient (Wildman–Crippen LogP) is 6.07. The minimum absolute atomic E-state index is 0.0577. The topological polar surface area (TPSA) is 26.3 Å². The van der Waals surface area contributed by atoms with Crippen molar-refractivity contribution in [3.05, 3.63) is 34.9 Å². The van der Waals surface area contributed by atoms with E-state index in [-0.39, 0.29) is 18.9 Å². The van der Waals surface area contributed by atoms with Gasteiger partial charge in [-0.2, -0.15) is 0 Å². The molecule has 0 fully saturated rings. The molecule has 1 rings (SSSR count). The zero-order valence-corrected chi connectivity index (χ0v) is 16.1. The maximum atomic E-state index is 13.5. The molecule has 0 aromatic heterocycles. The second-order valence-corrected chi connectivity index (χ2v) is 9.10. The van der Waals surface area contributed by atoms with E-state index < -0.39 is 56.0 Å². The van der Waals surface area contributed by atoms with Crippen LogP contribution in [-0.2, 0) is 16.1 Å². The molecule has 0 spiro atoms. The Labute approximate surface area is 162 Å². The van der Waals surface area contributed by atoms with Gasteiger partial charge in [-0.05, 0) is 5.41 Å². The number of carbonyl (C=O) groups excluding carboxylic acids is 1. The molecule has 0 radical (unpaired) electrons. The summed E-state index contributed by atoms with van der Waals surface area (Å²) >= 11 is 23.1. The van der Waals surface area contributed by atoms with Gasteiger partial charge >= 0.3 is 5.97 Å². The lowest BCUT2D eigenvalue weighted by molar-refractivity contribution is -0.147. The Kier molecular flexibility index (Phi) is 7.69. The molecule has 0 saturated heterocycles. The van der Waals surface area contributed by atoms with Crippen molar-refractivity contribution in [1.29, 1.82) is 0 Å². The molecule has 1 unspecified atom stereocenters. The second-order valence-electron chi connectivity index (χ2n) is 6.06. The molecule has 0 aliphatic heterocycles. The molecule has 2 nitrogen and oxygen atoms in total. The third-order valence-corrected chi connectivity index (χ3v) is 4.65. The van der Waals surface area contributed by atoms with Crippen LogP contribution in [0.25, 0.3) is 0 Å². The lowest BCUT2D eigenvalue weighted by Crippen LogP contribution is -2.31. The van der Waals surface area contributed by atoms with Crippen LogP contribution in [0.3, 0.4) is 0 Å². The van der Waals surface area contributed by atoms with E-state index in [0.717, 1.165) is 0 Å². The fourth-order valence-electron chi connectivity index (χ4n) is 1.92. The van der Waals surface area contributed by atoms with Crippen LogP contribution in [0, 0.1) is 28.7 Å². The van der Waals surface area contributed by atoms with Crippen molar-refractivity contribution in [2.24, 2.45) is 5.41 Å². The lowest BCUT2D eigenvalue weighted by atomic mass is 9.84. The molecule has 1 aromatic rings. The first kappa shape index (κ1) is 22.6. The highest BCUT2D eigenvalue weighted by Crippen LogP contribution is 2.41. The molecule has 1 atom stereocenters. The largest absolute Gasteiger partial charge is 0.461 e. The average molecular weight is 444 g/mol. The van der Waals surface area contributed by atoms with E-state index in [9.17, 15) is 22.4 Å². The van der Waals surface area contributed by atoms with Gasteiger partial charge in [-0.3, -0.25) is 4.79 Å². The molecule has 0 bridgehead atoms. The fourth-order valence-corrected chi connectivity index (χ4v) is 2.92. The Hall–Kier alpha value is -0.430. The van der Waals surface area contributed by atoms with Gasteiger partial charge in [0.05, 0.1) is 12.0 Å². The van der Waals surface area contributed by atoms with E-state index in [1.807, 2.05) is 0 Å². The number of esters is 1. The third kappa shape index (κ3) is 6.66. The van der Waals surface area contributed by atoms with E-state index in [1.165, 1.54) is 0 Å². The number of alkyl halides is 4. The molecule has 0 amide bonds. The summed E-state index contributed by atoms with van der Waals surface area (Å²) in [6, 6.07) is 0.0634. The van der Waals surface area contributed by atoms with Gasteiger partial charge in [0.2, 0.25) is 0 Å². The minimum Gasteiger partial charge on any atom is -0.461 e. The van der Waals surface area contributed by atoms with E-state index in [0.29, 0.717) is 0 Å². The molecule has 10 heteroatoms. The first-order chi connectivity index (χ1) is 11.2. The Morgan fingerprint density at radius 3 is 2.04 bits per heavy atom. The van der Waals surface area contributed by atoms with Gasteiger partial charge in [0.25, 0.3) is 0 Å². The molecule has 0 aliphatic rings. The summed E-state index contributed by atoms with van der Waals surface area (Å²) in [6.07, 6.45) is -0.333. The van der Waals surface area contributed by atoms with Crippen LogP contribution in [0.2, 0.25) is 0 Å². The Morgan fingerprint density at radius 2 is 1.60 bits per heavy atom. The second kappa shape index (κ2) is 8.51. The summed E-state index contributed by atoms with van der Waals surface area (Å²) in [6.45, 7) is 2.23. The van der Waals surface area contributed by atoms with Crippen LogP contribution in [0.4, 0.5) is 17.6 Å². The van der Waals surface area contributed by atoms with Gasteiger partial charge in [0.1, 0.15) is 6.61 Å². The normalized spacial score (nSPS) is 13.7. The molecule has 0 aliphatic carbocycles. The molecule has 142 valence electrons. The summed E-state index contributed by atoms with van der Waals surface area (Å²) in [5.74, 6) is -7.32. The van der Waals surface area contributed by atoms with Crippen LogP contribution < -0.4 is 0 Å². The molecule has 0 heterocycles. The molecule has 1 aromatic carbocycles. The van der Waals surface area contributed by atoms with Crippen molar-refractivity contribution in [3.8, 4) is 0 Å². The summed E-state index contributed by atoms with van der Waals surface area (Å²) < 4.78 is 56.3. The fraction of sp³-hybridized carbons (Fsp3) is 0.533. The van der Waals surface area contributed by atoms with Crippen molar-refractivity contribution in [2.45, 2.75) is 42.5 Å². The van der Waals surface area contributed by atoms with Crippen molar-refractivity contribution in [3.63, 3.8) is 0 Å². The van der Waals surface area contributed by atoms with Gasteiger partial charge in [-0.25, -0.2) is 17.6 Å². The highest BCUT2D eigenvalue weighted by atomic mass is 35.6. The zero-order chi connectivity index (χ0) is 19.6. The Morgan fingerprint density at radius 1 is 1.12 bits per heavy atom. The number of halogens is 8. The summed E-state index contributed by atoms with van der Waals surface area (Å²) in [5.41, 5.74) is -1.90. The zero-order valence-electron chi connectivity index (χ0n) is 13.1. The van der Waals surface area contributed by atoms with E-state index in [2.05, 4.69) is 0 Å². The van der Waals surface area contributed by atoms with Crippen LogP contribution in [-0.4, -0.2) is 15.1 Å². The number of rotatable bonds is 6. The van der Waals surface area contributed by atoms with Crippen LogP contribution in [0.15, 0.2) is 6.07 Å². The number of hydrogen-bond acceptors (Lipinski definition) is 2. The van der Waals surface area contributed by atoms with Gasteiger partial charge < -0.3 is 4.74 Å². The number of benzene rings is 1. The average Bonchev–Trinajstić information content (AvgIpc) is 2.42. The highest BCUT2D eigenvalue weighted by molar-refractivity contribution is 6.67. The van der Waals surface area contributed by atoms with Crippen molar-refractivity contribution < 1.29 is 27.1 Å². The summed E-state index contributed by atoms with van der Waals surface area (Å²) in [5, 5.41) is -0.729. The molecule has 25 heavy (non-hydrogen) atoms. The van der Waals surface area contributed by atoms with E-state index >= 15 is 0 Å². The van der Waals surface area contributed by atoms with E-state index in [4.69, 9.17) is 51.1 Å². The monoisotopic (exact) mass is 442 g/mol. The lowest BCUT2D eigenvalue weighted by Gasteiger charge is -2.31. The summed E-state index contributed by atoms with van der Waals surface area (Å²) in [7, 11) is 0. The van der Waals surface area contributed by atoms with Crippen LogP contribution in [0.1, 0.15) is 32.3 Å².